The van der Waals surface area contributed by atoms with Gasteiger partial charge in [0.2, 0.25) is 0 Å². The zero-order valence-electron chi connectivity index (χ0n) is 10.3. The number of hydrogen-bond acceptors (Lipinski definition) is 3. The van der Waals surface area contributed by atoms with Crippen molar-refractivity contribution in [3.8, 4) is 11.5 Å². The minimum atomic E-state index is -0.550. The van der Waals surface area contributed by atoms with Crippen LogP contribution in [0.15, 0.2) is 42.5 Å². The smallest absolute Gasteiger partial charge is 0.347 e. The molecule has 0 aliphatic heterocycles. The lowest BCUT2D eigenvalue weighted by atomic mass is 10.1. The molecular formula is C15H14O3. The van der Waals surface area contributed by atoms with E-state index in [1.54, 1.807) is 37.3 Å². The molecule has 0 aliphatic carbocycles. The Balaban J connectivity index is 2.28. The van der Waals surface area contributed by atoms with E-state index >= 15 is 0 Å². The van der Waals surface area contributed by atoms with Gasteiger partial charge in [-0.3, -0.25) is 0 Å². The first-order valence-electron chi connectivity index (χ1n) is 5.66. The predicted octanol–water partition coefficient (Wildman–Crippen LogP) is 3.23. The number of phenols is 1. The number of carbonyl (C=O) groups excluding carboxylic acids is 1. The lowest BCUT2D eigenvalue weighted by Gasteiger charge is -2.09. The second kappa shape index (κ2) is 4.92. The fourth-order valence-corrected chi connectivity index (χ4v) is 1.65. The van der Waals surface area contributed by atoms with Crippen molar-refractivity contribution in [2.45, 2.75) is 13.8 Å². The number of ether oxygens (including phenoxy) is 1. The summed E-state index contributed by atoms with van der Waals surface area (Å²) in [4.78, 5) is 12.0. The summed E-state index contributed by atoms with van der Waals surface area (Å²) < 4.78 is 5.27. The van der Waals surface area contributed by atoms with Crippen LogP contribution in [0.3, 0.4) is 0 Å². The van der Waals surface area contributed by atoms with Gasteiger partial charge in [0, 0.05) is 0 Å². The third-order valence-corrected chi connectivity index (χ3v) is 2.75. The quantitative estimate of drug-likeness (QED) is 0.649. The van der Waals surface area contributed by atoms with Gasteiger partial charge < -0.3 is 9.84 Å². The first kappa shape index (κ1) is 12.2. The third kappa shape index (κ3) is 2.35. The van der Waals surface area contributed by atoms with E-state index in [0.29, 0.717) is 11.3 Å². The number of carbonyl (C=O) groups is 1. The standard InChI is InChI=1S/C15H14O3/c1-10-6-3-4-9-13(10)18-15(17)12-8-5-7-11(2)14(12)16/h3-9,16H,1-2H3. The first-order valence-corrected chi connectivity index (χ1v) is 5.66. The van der Waals surface area contributed by atoms with Crippen LogP contribution in [0.4, 0.5) is 0 Å². The molecule has 2 aromatic carbocycles. The van der Waals surface area contributed by atoms with Gasteiger partial charge >= 0.3 is 5.97 Å². The van der Waals surface area contributed by atoms with Crippen LogP contribution in [-0.2, 0) is 0 Å². The summed E-state index contributed by atoms with van der Waals surface area (Å²) in [6, 6.07) is 12.2. The number of aryl methyl sites for hydroxylation is 2. The molecule has 92 valence electrons. The van der Waals surface area contributed by atoms with Crippen LogP contribution < -0.4 is 4.74 Å². The first-order chi connectivity index (χ1) is 8.59. The van der Waals surface area contributed by atoms with Crippen LogP contribution in [-0.4, -0.2) is 11.1 Å². The van der Waals surface area contributed by atoms with Gasteiger partial charge in [-0.2, -0.15) is 0 Å². The maximum Gasteiger partial charge on any atom is 0.347 e. The largest absolute Gasteiger partial charge is 0.507 e. The fourth-order valence-electron chi connectivity index (χ4n) is 1.65. The highest BCUT2D eigenvalue weighted by molar-refractivity contribution is 5.94. The topological polar surface area (TPSA) is 46.5 Å². The SMILES string of the molecule is Cc1ccccc1OC(=O)c1cccc(C)c1O. The van der Waals surface area contributed by atoms with Gasteiger partial charge in [0.25, 0.3) is 0 Å². The average Bonchev–Trinajstić information content (AvgIpc) is 2.35. The van der Waals surface area contributed by atoms with Crippen molar-refractivity contribution in [1.82, 2.24) is 0 Å². The molecule has 0 atom stereocenters. The Kier molecular flexibility index (Phi) is 3.33. The molecule has 0 saturated heterocycles. The minimum Gasteiger partial charge on any atom is -0.507 e. The molecule has 0 saturated carbocycles. The summed E-state index contributed by atoms with van der Waals surface area (Å²) in [6.45, 7) is 3.60. The van der Waals surface area contributed by atoms with Crippen molar-refractivity contribution in [3.05, 3.63) is 59.2 Å². The van der Waals surface area contributed by atoms with Crippen LogP contribution in [0.2, 0.25) is 0 Å². The number of benzene rings is 2. The third-order valence-electron chi connectivity index (χ3n) is 2.75. The van der Waals surface area contributed by atoms with Crippen molar-refractivity contribution in [2.24, 2.45) is 0 Å². The van der Waals surface area contributed by atoms with Crippen molar-refractivity contribution in [3.63, 3.8) is 0 Å². The summed E-state index contributed by atoms with van der Waals surface area (Å²) >= 11 is 0. The lowest BCUT2D eigenvalue weighted by molar-refractivity contribution is 0.0730. The molecule has 0 radical (unpaired) electrons. The van der Waals surface area contributed by atoms with Crippen LogP contribution in [0.5, 0.6) is 11.5 Å². The maximum atomic E-state index is 12.0. The number of phenolic OH excluding ortho intramolecular Hbond substituents is 1. The summed E-state index contributed by atoms with van der Waals surface area (Å²) in [5.41, 5.74) is 1.70. The highest BCUT2D eigenvalue weighted by atomic mass is 16.5. The molecule has 18 heavy (non-hydrogen) atoms. The van der Waals surface area contributed by atoms with E-state index < -0.39 is 5.97 Å². The molecule has 0 aliphatic rings. The van der Waals surface area contributed by atoms with Gasteiger partial charge in [-0.1, -0.05) is 30.3 Å². The Morgan fingerprint density at radius 1 is 1.00 bits per heavy atom. The Morgan fingerprint density at radius 2 is 1.67 bits per heavy atom. The van der Waals surface area contributed by atoms with Crippen molar-refractivity contribution in [2.75, 3.05) is 0 Å². The van der Waals surface area contributed by atoms with Gasteiger partial charge in [0.15, 0.2) is 0 Å². The Bertz CT molecular complexity index is 588. The molecule has 2 aromatic rings. The fraction of sp³-hybridized carbons (Fsp3) is 0.133. The Hall–Kier alpha value is -2.29. The van der Waals surface area contributed by atoms with E-state index in [1.807, 2.05) is 19.1 Å². The zero-order valence-corrected chi connectivity index (χ0v) is 10.3. The molecular weight excluding hydrogens is 228 g/mol. The second-order valence-corrected chi connectivity index (χ2v) is 4.13. The Labute approximate surface area is 106 Å². The predicted molar refractivity (Wildman–Crippen MR) is 69.0 cm³/mol. The maximum absolute atomic E-state index is 12.0. The van der Waals surface area contributed by atoms with E-state index in [0.717, 1.165) is 5.56 Å². The van der Waals surface area contributed by atoms with Crippen molar-refractivity contribution >= 4 is 5.97 Å². The normalized spacial score (nSPS) is 10.1. The van der Waals surface area contributed by atoms with E-state index in [-0.39, 0.29) is 11.3 Å². The van der Waals surface area contributed by atoms with Gasteiger partial charge in [-0.05, 0) is 37.1 Å². The van der Waals surface area contributed by atoms with E-state index in [2.05, 4.69) is 0 Å². The van der Waals surface area contributed by atoms with E-state index in [1.165, 1.54) is 0 Å². The zero-order chi connectivity index (χ0) is 13.1. The molecule has 0 aromatic heterocycles. The molecule has 0 spiro atoms. The summed E-state index contributed by atoms with van der Waals surface area (Å²) in [5, 5.41) is 9.81. The molecule has 3 heteroatoms. The number of esters is 1. The highest BCUT2D eigenvalue weighted by Gasteiger charge is 2.15. The molecule has 0 amide bonds. The van der Waals surface area contributed by atoms with Gasteiger partial charge in [0.05, 0.1) is 0 Å². The molecule has 0 fully saturated rings. The molecule has 1 N–H and O–H groups in total. The van der Waals surface area contributed by atoms with Crippen LogP contribution in [0.1, 0.15) is 21.5 Å². The van der Waals surface area contributed by atoms with Crippen molar-refractivity contribution < 1.29 is 14.6 Å². The summed E-state index contributed by atoms with van der Waals surface area (Å²) in [5.74, 6) is -0.0787. The number of rotatable bonds is 2. The van der Waals surface area contributed by atoms with E-state index in [4.69, 9.17) is 4.74 Å². The average molecular weight is 242 g/mol. The van der Waals surface area contributed by atoms with E-state index in [9.17, 15) is 9.90 Å². The number of hydrogen-bond donors (Lipinski definition) is 1. The molecule has 0 bridgehead atoms. The minimum absolute atomic E-state index is 0.0314. The van der Waals surface area contributed by atoms with Crippen LogP contribution >= 0.6 is 0 Å². The molecule has 3 nitrogen and oxygen atoms in total. The molecule has 0 unspecified atom stereocenters. The molecule has 0 heterocycles. The Morgan fingerprint density at radius 3 is 2.39 bits per heavy atom. The van der Waals surface area contributed by atoms with Gasteiger partial charge in [-0.15, -0.1) is 0 Å². The summed E-state index contributed by atoms with van der Waals surface area (Å²) in [7, 11) is 0. The second-order valence-electron chi connectivity index (χ2n) is 4.13. The highest BCUT2D eigenvalue weighted by Crippen LogP contribution is 2.24. The van der Waals surface area contributed by atoms with Crippen molar-refractivity contribution in [1.29, 1.82) is 0 Å². The van der Waals surface area contributed by atoms with Crippen LogP contribution in [0, 0.1) is 13.8 Å². The van der Waals surface area contributed by atoms with Gasteiger partial charge in [-0.25, -0.2) is 4.79 Å². The van der Waals surface area contributed by atoms with Crippen LogP contribution in [0.25, 0.3) is 0 Å². The molecule has 2 rings (SSSR count). The number of para-hydroxylation sites is 2. The summed E-state index contributed by atoms with van der Waals surface area (Å²) in [6.07, 6.45) is 0. The van der Waals surface area contributed by atoms with Gasteiger partial charge in [0.1, 0.15) is 17.1 Å². The lowest BCUT2D eigenvalue weighted by Crippen LogP contribution is -2.09. The monoisotopic (exact) mass is 242 g/mol. The number of aromatic hydroxyl groups is 1.